The first-order valence-corrected chi connectivity index (χ1v) is 4.46. The molecule has 0 spiro atoms. The van der Waals surface area contributed by atoms with Gasteiger partial charge in [-0.2, -0.15) is 5.26 Å². The number of ether oxygens (including phenoxy) is 1. The fourth-order valence-corrected chi connectivity index (χ4v) is 1.35. The topological polar surface area (TPSA) is 59.0 Å². The minimum Gasteiger partial charge on any atom is -0.497 e. The second-order valence-electron chi connectivity index (χ2n) is 3.19. The lowest BCUT2D eigenvalue weighted by molar-refractivity contribution is 0.413. The number of hydrogen-bond donors (Lipinski definition) is 1. The van der Waals surface area contributed by atoms with Crippen LogP contribution in [0.3, 0.4) is 0 Å². The molecule has 14 heavy (non-hydrogen) atoms. The zero-order valence-electron chi connectivity index (χ0n) is 8.45. The summed E-state index contributed by atoms with van der Waals surface area (Å²) in [6, 6.07) is 7.56. The summed E-state index contributed by atoms with van der Waals surface area (Å²) < 4.78 is 5.10. The monoisotopic (exact) mass is 190 g/mol. The smallest absolute Gasteiger partial charge is 0.119 e. The Balaban J connectivity index is 3.00. The molecule has 3 nitrogen and oxygen atoms in total. The van der Waals surface area contributed by atoms with E-state index in [9.17, 15) is 0 Å². The van der Waals surface area contributed by atoms with Gasteiger partial charge in [0.2, 0.25) is 0 Å². The van der Waals surface area contributed by atoms with Crippen molar-refractivity contribution in [2.24, 2.45) is 5.73 Å². The van der Waals surface area contributed by atoms with Crippen molar-refractivity contribution in [1.82, 2.24) is 0 Å². The van der Waals surface area contributed by atoms with Gasteiger partial charge in [0, 0.05) is 6.04 Å². The SMILES string of the molecule is COc1ccc(C)c(C(N)CC#N)c1. The third-order valence-electron chi connectivity index (χ3n) is 2.20. The van der Waals surface area contributed by atoms with Gasteiger partial charge >= 0.3 is 0 Å². The number of nitrogens with zero attached hydrogens (tertiary/aromatic N) is 1. The van der Waals surface area contributed by atoms with Crippen LogP contribution in [0, 0.1) is 18.3 Å². The normalized spacial score (nSPS) is 11.9. The molecule has 0 aliphatic rings. The molecule has 0 aromatic heterocycles. The number of nitrogens with two attached hydrogens (primary N) is 1. The summed E-state index contributed by atoms with van der Waals surface area (Å²) in [6.07, 6.45) is 0.327. The largest absolute Gasteiger partial charge is 0.497 e. The van der Waals surface area contributed by atoms with E-state index in [1.165, 1.54) is 0 Å². The maximum Gasteiger partial charge on any atom is 0.119 e. The Labute approximate surface area is 84.1 Å². The van der Waals surface area contributed by atoms with E-state index in [-0.39, 0.29) is 6.04 Å². The molecule has 1 aromatic carbocycles. The zero-order valence-corrected chi connectivity index (χ0v) is 8.45. The van der Waals surface area contributed by atoms with E-state index in [1.807, 2.05) is 25.1 Å². The van der Waals surface area contributed by atoms with Crippen LogP contribution in [0.4, 0.5) is 0 Å². The molecule has 74 valence electrons. The maximum absolute atomic E-state index is 8.55. The first-order valence-electron chi connectivity index (χ1n) is 4.46. The summed E-state index contributed by atoms with van der Waals surface area (Å²) in [4.78, 5) is 0. The highest BCUT2D eigenvalue weighted by atomic mass is 16.5. The molecule has 3 heteroatoms. The minimum absolute atomic E-state index is 0.227. The van der Waals surface area contributed by atoms with Crippen molar-refractivity contribution in [3.05, 3.63) is 29.3 Å². The summed E-state index contributed by atoms with van der Waals surface area (Å²) >= 11 is 0. The van der Waals surface area contributed by atoms with E-state index in [0.29, 0.717) is 6.42 Å². The van der Waals surface area contributed by atoms with Gasteiger partial charge in [-0.15, -0.1) is 0 Å². The Morgan fingerprint density at radius 3 is 2.86 bits per heavy atom. The molecule has 0 aliphatic heterocycles. The molecule has 2 N–H and O–H groups in total. The van der Waals surface area contributed by atoms with Crippen molar-refractivity contribution >= 4 is 0 Å². The lowest BCUT2D eigenvalue weighted by atomic mass is 10.00. The molecule has 0 bridgehead atoms. The summed E-state index contributed by atoms with van der Waals surface area (Å²) in [7, 11) is 1.62. The molecule has 1 atom stereocenters. The van der Waals surface area contributed by atoms with E-state index >= 15 is 0 Å². The third-order valence-corrected chi connectivity index (χ3v) is 2.20. The van der Waals surface area contributed by atoms with Crippen LogP contribution in [-0.4, -0.2) is 7.11 Å². The summed E-state index contributed by atoms with van der Waals surface area (Å²) in [6.45, 7) is 1.98. The number of benzene rings is 1. The molecule has 0 fully saturated rings. The number of hydrogen-bond acceptors (Lipinski definition) is 3. The van der Waals surface area contributed by atoms with Crippen LogP contribution in [0.15, 0.2) is 18.2 Å². The van der Waals surface area contributed by atoms with Gasteiger partial charge in [0.25, 0.3) is 0 Å². The van der Waals surface area contributed by atoms with E-state index in [4.69, 9.17) is 15.7 Å². The van der Waals surface area contributed by atoms with Crippen LogP contribution in [0.25, 0.3) is 0 Å². The highest BCUT2D eigenvalue weighted by Gasteiger charge is 2.09. The van der Waals surface area contributed by atoms with E-state index in [1.54, 1.807) is 7.11 Å². The molecule has 0 saturated carbocycles. The van der Waals surface area contributed by atoms with Crippen molar-refractivity contribution < 1.29 is 4.74 Å². The fraction of sp³-hybridized carbons (Fsp3) is 0.364. The Bertz CT molecular complexity index is 355. The van der Waals surface area contributed by atoms with Crippen LogP contribution in [0.5, 0.6) is 5.75 Å². The Morgan fingerprint density at radius 2 is 2.29 bits per heavy atom. The second kappa shape index (κ2) is 4.64. The van der Waals surface area contributed by atoms with Crippen LogP contribution < -0.4 is 10.5 Å². The number of aryl methyl sites for hydroxylation is 1. The van der Waals surface area contributed by atoms with E-state index in [0.717, 1.165) is 16.9 Å². The third kappa shape index (κ3) is 2.24. The predicted octanol–water partition coefficient (Wildman–Crippen LogP) is 1.92. The molecule has 0 amide bonds. The van der Waals surface area contributed by atoms with Gasteiger partial charge in [0.15, 0.2) is 0 Å². The molecule has 0 heterocycles. The predicted molar refractivity (Wildman–Crippen MR) is 54.9 cm³/mol. The second-order valence-corrected chi connectivity index (χ2v) is 3.19. The van der Waals surface area contributed by atoms with Crippen molar-refractivity contribution in [2.45, 2.75) is 19.4 Å². The number of methoxy groups -OCH3 is 1. The van der Waals surface area contributed by atoms with Gasteiger partial charge in [0.1, 0.15) is 5.75 Å². The molecule has 0 radical (unpaired) electrons. The van der Waals surface area contributed by atoms with Crippen molar-refractivity contribution in [3.8, 4) is 11.8 Å². The average Bonchev–Trinajstić information content (AvgIpc) is 2.19. The van der Waals surface area contributed by atoms with Gasteiger partial charge in [0.05, 0.1) is 19.6 Å². The molecular formula is C11H14N2O. The van der Waals surface area contributed by atoms with Gasteiger partial charge in [-0.05, 0) is 30.2 Å². The maximum atomic E-state index is 8.55. The fourth-order valence-electron chi connectivity index (χ4n) is 1.35. The first-order chi connectivity index (χ1) is 6.69. The highest BCUT2D eigenvalue weighted by Crippen LogP contribution is 2.23. The van der Waals surface area contributed by atoms with Crippen LogP contribution in [0.1, 0.15) is 23.6 Å². The minimum atomic E-state index is -0.227. The quantitative estimate of drug-likeness (QED) is 0.792. The van der Waals surface area contributed by atoms with E-state index in [2.05, 4.69) is 6.07 Å². The molecule has 1 unspecified atom stereocenters. The molecular weight excluding hydrogens is 176 g/mol. The van der Waals surface area contributed by atoms with Crippen LogP contribution in [0.2, 0.25) is 0 Å². The lowest BCUT2D eigenvalue weighted by Crippen LogP contribution is -2.10. The Hall–Kier alpha value is -1.53. The highest BCUT2D eigenvalue weighted by molar-refractivity contribution is 5.37. The van der Waals surface area contributed by atoms with Gasteiger partial charge < -0.3 is 10.5 Å². The number of rotatable bonds is 3. The Morgan fingerprint density at radius 1 is 1.57 bits per heavy atom. The summed E-state index contributed by atoms with van der Waals surface area (Å²) in [5.74, 6) is 0.777. The molecule has 0 saturated heterocycles. The standard InChI is InChI=1S/C11H14N2O/c1-8-3-4-9(14-2)7-10(8)11(13)5-6-12/h3-4,7,11H,5,13H2,1-2H3. The lowest BCUT2D eigenvalue weighted by Gasteiger charge is -2.12. The van der Waals surface area contributed by atoms with E-state index < -0.39 is 0 Å². The van der Waals surface area contributed by atoms with Gasteiger partial charge in [-0.3, -0.25) is 0 Å². The van der Waals surface area contributed by atoms with Crippen LogP contribution >= 0.6 is 0 Å². The van der Waals surface area contributed by atoms with Crippen molar-refractivity contribution in [1.29, 1.82) is 5.26 Å². The summed E-state index contributed by atoms with van der Waals surface area (Å²) in [5, 5.41) is 8.55. The number of nitriles is 1. The van der Waals surface area contributed by atoms with Crippen molar-refractivity contribution in [2.75, 3.05) is 7.11 Å². The average molecular weight is 190 g/mol. The van der Waals surface area contributed by atoms with Gasteiger partial charge in [-0.1, -0.05) is 6.07 Å². The summed E-state index contributed by atoms with van der Waals surface area (Å²) in [5.41, 5.74) is 7.92. The molecule has 1 rings (SSSR count). The molecule has 1 aromatic rings. The zero-order chi connectivity index (χ0) is 10.6. The van der Waals surface area contributed by atoms with Crippen molar-refractivity contribution in [3.63, 3.8) is 0 Å². The molecule has 0 aliphatic carbocycles. The Kier molecular flexibility index (Phi) is 3.49. The van der Waals surface area contributed by atoms with Gasteiger partial charge in [-0.25, -0.2) is 0 Å². The first kappa shape index (κ1) is 10.6. The van der Waals surface area contributed by atoms with Crippen LogP contribution in [-0.2, 0) is 0 Å².